The van der Waals surface area contributed by atoms with E-state index in [0.29, 0.717) is 5.56 Å². The van der Waals surface area contributed by atoms with Crippen LogP contribution in [0.1, 0.15) is 27.9 Å². The number of nitriles is 1. The number of hydrogen-bond donors (Lipinski definition) is 2. The molecule has 0 aliphatic carbocycles. The number of hydrogen-bond acceptors (Lipinski definition) is 4. The molecule has 0 aliphatic heterocycles. The fourth-order valence-corrected chi connectivity index (χ4v) is 3.25. The Hall–Kier alpha value is -3.91. The van der Waals surface area contributed by atoms with Crippen molar-refractivity contribution in [1.82, 2.24) is 15.0 Å². The minimum atomic E-state index is 0.508. The first-order valence-corrected chi connectivity index (χ1v) is 8.99. The van der Waals surface area contributed by atoms with E-state index in [4.69, 9.17) is 0 Å². The van der Waals surface area contributed by atoms with Gasteiger partial charge in [-0.1, -0.05) is 12.2 Å². The lowest BCUT2D eigenvalue weighted by atomic mass is 10.0. The van der Waals surface area contributed by atoms with E-state index in [-0.39, 0.29) is 0 Å². The number of benzene rings is 1. The third-order valence-corrected chi connectivity index (χ3v) is 4.85. The fraction of sp³-hybridized carbons (Fsp3) is 0.0870. The summed E-state index contributed by atoms with van der Waals surface area (Å²) in [6.07, 6.45) is 11.1. The molecule has 0 bridgehead atoms. The summed E-state index contributed by atoms with van der Waals surface area (Å²) in [6, 6.07) is 12.3. The molecule has 0 radical (unpaired) electrons. The zero-order chi connectivity index (χ0) is 19.5. The van der Waals surface area contributed by atoms with Crippen molar-refractivity contribution in [2.45, 2.75) is 13.8 Å². The van der Waals surface area contributed by atoms with Gasteiger partial charge in [-0.25, -0.2) is 0 Å². The average molecular weight is 365 g/mol. The van der Waals surface area contributed by atoms with Crippen LogP contribution < -0.4 is 5.32 Å². The first-order chi connectivity index (χ1) is 13.7. The summed E-state index contributed by atoms with van der Waals surface area (Å²) in [7, 11) is 0. The van der Waals surface area contributed by atoms with Crippen molar-refractivity contribution in [2.75, 3.05) is 5.32 Å². The van der Waals surface area contributed by atoms with Crippen LogP contribution in [0.25, 0.3) is 23.1 Å². The third kappa shape index (κ3) is 3.24. The van der Waals surface area contributed by atoms with E-state index in [0.717, 1.165) is 44.7 Å². The van der Waals surface area contributed by atoms with Crippen LogP contribution in [-0.4, -0.2) is 15.0 Å². The highest BCUT2D eigenvalue weighted by molar-refractivity contribution is 5.90. The van der Waals surface area contributed by atoms with Gasteiger partial charge in [-0.3, -0.25) is 9.97 Å². The van der Waals surface area contributed by atoms with Crippen LogP contribution in [0.4, 0.5) is 11.4 Å². The van der Waals surface area contributed by atoms with E-state index in [1.807, 2.05) is 49.5 Å². The number of aryl methyl sites for hydroxylation is 2. The molecule has 28 heavy (non-hydrogen) atoms. The molecule has 5 heteroatoms. The second kappa shape index (κ2) is 7.37. The molecule has 0 unspecified atom stereocenters. The largest absolute Gasteiger partial charge is 0.361 e. The molecular weight excluding hydrogens is 346 g/mol. The van der Waals surface area contributed by atoms with Gasteiger partial charge >= 0.3 is 0 Å². The van der Waals surface area contributed by atoms with Crippen molar-refractivity contribution < 1.29 is 0 Å². The van der Waals surface area contributed by atoms with Gasteiger partial charge < -0.3 is 10.3 Å². The molecule has 0 fully saturated rings. The van der Waals surface area contributed by atoms with Gasteiger partial charge in [0.1, 0.15) is 6.07 Å². The maximum Gasteiger partial charge on any atom is 0.103 e. The fourth-order valence-electron chi connectivity index (χ4n) is 3.25. The number of rotatable bonds is 4. The highest BCUT2D eigenvalue weighted by atomic mass is 14.9. The molecule has 136 valence electrons. The Morgan fingerprint density at radius 1 is 1.07 bits per heavy atom. The molecule has 0 aliphatic rings. The van der Waals surface area contributed by atoms with Crippen LogP contribution in [0.15, 0.2) is 55.1 Å². The smallest absolute Gasteiger partial charge is 0.103 e. The Morgan fingerprint density at radius 3 is 2.68 bits per heavy atom. The molecule has 5 nitrogen and oxygen atoms in total. The Bertz CT molecular complexity index is 1210. The molecule has 0 spiro atoms. The van der Waals surface area contributed by atoms with Crippen LogP contribution in [0.3, 0.4) is 0 Å². The Kier molecular flexibility index (Phi) is 4.61. The minimum Gasteiger partial charge on any atom is -0.361 e. The molecule has 4 aromatic rings. The van der Waals surface area contributed by atoms with E-state index in [2.05, 4.69) is 39.3 Å². The lowest BCUT2D eigenvalue weighted by Crippen LogP contribution is -2.02. The van der Waals surface area contributed by atoms with Crippen LogP contribution in [0.2, 0.25) is 0 Å². The third-order valence-electron chi connectivity index (χ3n) is 4.85. The predicted molar refractivity (Wildman–Crippen MR) is 113 cm³/mol. The molecular formula is C23H19N5. The zero-order valence-electron chi connectivity index (χ0n) is 15.7. The van der Waals surface area contributed by atoms with E-state index in [1.165, 1.54) is 0 Å². The molecule has 4 rings (SSSR count). The van der Waals surface area contributed by atoms with Crippen molar-refractivity contribution in [2.24, 2.45) is 0 Å². The number of nitrogens with one attached hydrogen (secondary N) is 2. The average Bonchev–Trinajstić information content (AvgIpc) is 3.20. The van der Waals surface area contributed by atoms with E-state index in [9.17, 15) is 5.26 Å². The maximum absolute atomic E-state index is 9.64. The van der Waals surface area contributed by atoms with E-state index in [1.54, 1.807) is 18.6 Å². The maximum atomic E-state index is 9.64. The number of aromatic nitrogens is 3. The summed E-state index contributed by atoms with van der Waals surface area (Å²) in [5.74, 6) is 0. The highest BCUT2D eigenvalue weighted by Crippen LogP contribution is 2.32. The van der Waals surface area contributed by atoms with Gasteiger partial charge in [0, 0.05) is 52.6 Å². The van der Waals surface area contributed by atoms with Crippen molar-refractivity contribution >= 4 is 34.4 Å². The first kappa shape index (κ1) is 17.5. The lowest BCUT2D eigenvalue weighted by Gasteiger charge is -2.15. The molecule has 0 amide bonds. The summed E-state index contributed by atoms with van der Waals surface area (Å²) < 4.78 is 0. The van der Waals surface area contributed by atoms with Crippen LogP contribution in [0, 0.1) is 25.2 Å². The number of aromatic amines is 1. The van der Waals surface area contributed by atoms with Gasteiger partial charge in [0.15, 0.2) is 0 Å². The molecule has 0 saturated carbocycles. The van der Waals surface area contributed by atoms with Crippen molar-refractivity contribution in [3.05, 3.63) is 83.1 Å². The Balaban J connectivity index is 1.80. The zero-order valence-corrected chi connectivity index (χ0v) is 15.7. The summed E-state index contributed by atoms with van der Waals surface area (Å²) in [6.45, 7) is 4.02. The summed E-state index contributed by atoms with van der Waals surface area (Å²) >= 11 is 0. The standard InChI is InChI=1S/C23H19N5/c1-15-19-9-12-26-22(19)6-5-21(15)28-23-18(13-24)14-27-16(2)20(23)4-3-17-7-10-25-11-8-17/h3-12,14,26H,1-2H3,(H,27,28). The van der Waals surface area contributed by atoms with E-state index < -0.39 is 0 Å². The van der Waals surface area contributed by atoms with Crippen molar-refractivity contribution in [3.63, 3.8) is 0 Å². The van der Waals surface area contributed by atoms with Crippen LogP contribution in [-0.2, 0) is 0 Å². The van der Waals surface area contributed by atoms with Crippen molar-refractivity contribution in [1.29, 1.82) is 5.26 Å². The molecule has 0 saturated heterocycles. The Morgan fingerprint density at radius 2 is 1.89 bits per heavy atom. The second-order valence-corrected chi connectivity index (χ2v) is 6.57. The monoisotopic (exact) mass is 365 g/mol. The number of pyridine rings is 2. The lowest BCUT2D eigenvalue weighted by molar-refractivity contribution is 1.18. The molecule has 3 aromatic heterocycles. The number of H-pyrrole nitrogens is 1. The van der Waals surface area contributed by atoms with Crippen molar-refractivity contribution in [3.8, 4) is 6.07 Å². The normalized spacial score (nSPS) is 11.0. The molecule has 3 heterocycles. The summed E-state index contributed by atoms with van der Waals surface area (Å²) in [5.41, 5.74) is 7.23. The van der Waals surface area contributed by atoms with Crippen LogP contribution in [0.5, 0.6) is 0 Å². The van der Waals surface area contributed by atoms with E-state index >= 15 is 0 Å². The number of anilines is 2. The SMILES string of the molecule is Cc1ncc(C#N)c(Nc2ccc3[nH]ccc3c2C)c1C=Cc1ccncc1. The quantitative estimate of drug-likeness (QED) is 0.510. The highest BCUT2D eigenvalue weighted by Gasteiger charge is 2.13. The first-order valence-electron chi connectivity index (χ1n) is 8.99. The summed E-state index contributed by atoms with van der Waals surface area (Å²) in [4.78, 5) is 11.7. The van der Waals surface area contributed by atoms with Gasteiger partial charge in [-0.2, -0.15) is 5.26 Å². The minimum absolute atomic E-state index is 0.508. The van der Waals surface area contributed by atoms with Gasteiger partial charge in [0.25, 0.3) is 0 Å². The van der Waals surface area contributed by atoms with Gasteiger partial charge in [0.05, 0.1) is 11.3 Å². The van der Waals surface area contributed by atoms with Gasteiger partial charge in [0.2, 0.25) is 0 Å². The topological polar surface area (TPSA) is 77.4 Å². The van der Waals surface area contributed by atoms with Gasteiger partial charge in [-0.15, -0.1) is 0 Å². The number of fused-ring (bicyclic) bond motifs is 1. The Labute approximate surface area is 163 Å². The summed E-state index contributed by atoms with van der Waals surface area (Å²) in [5, 5.41) is 14.3. The van der Waals surface area contributed by atoms with Gasteiger partial charge in [-0.05, 0) is 55.3 Å². The second-order valence-electron chi connectivity index (χ2n) is 6.57. The van der Waals surface area contributed by atoms with Crippen LogP contribution >= 0.6 is 0 Å². The predicted octanol–water partition coefficient (Wildman–Crippen LogP) is 5.36. The molecule has 2 N–H and O–H groups in total. The number of nitrogens with zero attached hydrogens (tertiary/aromatic N) is 3. The molecule has 0 atom stereocenters. The molecule has 1 aromatic carbocycles.